The summed E-state index contributed by atoms with van der Waals surface area (Å²) in [5.41, 5.74) is 0. The molecular formula is C9H17NO. The fourth-order valence-electron chi connectivity index (χ4n) is 2.55. The van der Waals surface area contributed by atoms with Crippen LogP contribution in [0.25, 0.3) is 0 Å². The average molecular weight is 155 g/mol. The van der Waals surface area contributed by atoms with Crippen LogP contribution in [0.4, 0.5) is 0 Å². The summed E-state index contributed by atoms with van der Waals surface area (Å²) >= 11 is 0. The Morgan fingerprint density at radius 3 is 2.27 bits per heavy atom. The van der Waals surface area contributed by atoms with Crippen LogP contribution in [0.1, 0.15) is 19.8 Å². The number of nitrogens with zero attached hydrogens (tertiary/aromatic N) is 1. The van der Waals surface area contributed by atoms with Crippen LogP contribution in [0, 0.1) is 11.8 Å². The predicted octanol–water partition coefficient (Wildman–Crippen LogP) is 0.709. The molecule has 2 bridgehead atoms. The smallest absolute Gasteiger partial charge is 0.0620 e. The van der Waals surface area contributed by atoms with Gasteiger partial charge in [0.25, 0.3) is 0 Å². The van der Waals surface area contributed by atoms with Crippen molar-refractivity contribution in [2.24, 2.45) is 11.8 Å². The molecule has 64 valence electrons. The van der Waals surface area contributed by atoms with Crippen LogP contribution in [-0.2, 0) is 0 Å². The Morgan fingerprint density at radius 2 is 1.82 bits per heavy atom. The van der Waals surface area contributed by atoms with Crippen LogP contribution in [0.15, 0.2) is 0 Å². The molecule has 2 aliphatic rings. The number of piperidine rings is 1. The zero-order chi connectivity index (χ0) is 7.84. The molecule has 1 heterocycles. The zero-order valence-corrected chi connectivity index (χ0v) is 7.16. The van der Waals surface area contributed by atoms with Crippen LogP contribution in [0.5, 0.6) is 0 Å². The van der Waals surface area contributed by atoms with E-state index >= 15 is 0 Å². The van der Waals surface area contributed by atoms with Gasteiger partial charge in [-0.25, -0.2) is 0 Å². The lowest BCUT2D eigenvalue weighted by Crippen LogP contribution is -2.44. The molecule has 2 atom stereocenters. The zero-order valence-electron chi connectivity index (χ0n) is 7.16. The average Bonchev–Trinajstić information content (AvgIpc) is 2.26. The van der Waals surface area contributed by atoms with Gasteiger partial charge in [0.1, 0.15) is 0 Å². The van der Waals surface area contributed by atoms with Crippen LogP contribution in [0.3, 0.4) is 0 Å². The summed E-state index contributed by atoms with van der Waals surface area (Å²) in [6.07, 6.45) is 2.53. The van der Waals surface area contributed by atoms with Gasteiger partial charge in [0.05, 0.1) is 6.10 Å². The van der Waals surface area contributed by atoms with Crippen molar-refractivity contribution in [2.75, 3.05) is 19.6 Å². The molecule has 0 aromatic rings. The van der Waals surface area contributed by atoms with Crippen molar-refractivity contribution in [2.45, 2.75) is 25.9 Å². The van der Waals surface area contributed by atoms with E-state index in [1.807, 2.05) is 0 Å². The molecule has 2 heteroatoms. The molecule has 0 radical (unpaired) electrons. The molecule has 2 rings (SSSR count). The van der Waals surface area contributed by atoms with Gasteiger partial charge in [0.15, 0.2) is 0 Å². The second-order valence-electron chi connectivity index (χ2n) is 3.94. The van der Waals surface area contributed by atoms with E-state index in [4.69, 9.17) is 0 Å². The number of likely N-dealkylation sites (tertiary alicyclic amines) is 1. The maximum Gasteiger partial charge on any atom is 0.0620 e. The maximum atomic E-state index is 9.70. The summed E-state index contributed by atoms with van der Waals surface area (Å²) in [6, 6.07) is 0. The number of fused-ring (bicyclic) bond motifs is 2. The minimum absolute atomic E-state index is 0.0257. The van der Waals surface area contributed by atoms with Gasteiger partial charge in [-0.05, 0) is 31.2 Å². The predicted molar refractivity (Wildman–Crippen MR) is 44.3 cm³/mol. The van der Waals surface area contributed by atoms with Gasteiger partial charge in [0.2, 0.25) is 0 Å². The number of hydrogen-bond donors (Lipinski definition) is 1. The molecule has 1 saturated carbocycles. The Balaban J connectivity index is 2.02. The molecule has 2 fully saturated rings. The topological polar surface area (TPSA) is 23.5 Å². The monoisotopic (exact) mass is 155 g/mol. The fourth-order valence-corrected chi connectivity index (χ4v) is 2.55. The fraction of sp³-hybridized carbons (Fsp3) is 1.00. The minimum Gasteiger partial charge on any atom is -0.392 e. The Morgan fingerprint density at radius 1 is 1.27 bits per heavy atom. The van der Waals surface area contributed by atoms with Gasteiger partial charge in [-0.15, -0.1) is 0 Å². The standard InChI is InChI=1S/C9H17NO/c1-2-10-5-7-3-4-8(6-10)9(7)11/h7-9,11H,2-6H2,1H3/t7-,8-/m1/s1. The molecule has 0 unspecified atom stereocenters. The number of rotatable bonds is 1. The summed E-state index contributed by atoms with van der Waals surface area (Å²) in [4.78, 5) is 2.47. The summed E-state index contributed by atoms with van der Waals surface area (Å²) < 4.78 is 0. The Kier molecular flexibility index (Phi) is 1.90. The van der Waals surface area contributed by atoms with Crippen molar-refractivity contribution in [1.82, 2.24) is 4.90 Å². The van der Waals surface area contributed by atoms with E-state index in [9.17, 15) is 5.11 Å². The molecule has 0 aromatic carbocycles. The van der Waals surface area contributed by atoms with E-state index in [-0.39, 0.29) is 6.10 Å². The Hall–Kier alpha value is -0.0800. The molecule has 11 heavy (non-hydrogen) atoms. The van der Waals surface area contributed by atoms with Gasteiger partial charge < -0.3 is 10.0 Å². The highest BCUT2D eigenvalue weighted by Crippen LogP contribution is 2.36. The molecule has 0 aromatic heterocycles. The van der Waals surface area contributed by atoms with Gasteiger partial charge in [-0.1, -0.05) is 6.92 Å². The van der Waals surface area contributed by atoms with Crippen molar-refractivity contribution in [3.8, 4) is 0 Å². The molecule has 1 N–H and O–H groups in total. The van der Waals surface area contributed by atoms with E-state index in [2.05, 4.69) is 11.8 Å². The number of aliphatic hydroxyl groups is 1. The SMILES string of the molecule is CCN1C[C@H]2CC[C@H](C1)C2O. The van der Waals surface area contributed by atoms with E-state index in [1.165, 1.54) is 12.8 Å². The molecule has 0 amide bonds. The molecule has 2 nitrogen and oxygen atoms in total. The summed E-state index contributed by atoms with van der Waals surface area (Å²) in [5.74, 6) is 1.18. The van der Waals surface area contributed by atoms with Crippen LogP contribution < -0.4 is 0 Å². The number of aliphatic hydroxyl groups excluding tert-OH is 1. The Bertz CT molecular complexity index is 134. The van der Waals surface area contributed by atoms with E-state index in [0.717, 1.165) is 19.6 Å². The first kappa shape index (κ1) is 7.56. The van der Waals surface area contributed by atoms with E-state index < -0.39 is 0 Å². The lowest BCUT2D eigenvalue weighted by atomic mass is 9.95. The third kappa shape index (κ3) is 1.18. The minimum atomic E-state index is 0.0257. The highest BCUT2D eigenvalue weighted by Gasteiger charge is 2.40. The number of hydrogen-bond acceptors (Lipinski definition) is 2. The second-order valence-corrected chi connectivity index (χ2v) is 3.94. The largest absolute Gasteiger partial charge is 0.392 e. The molecule has 1 aliphatic heterocycles. The second kappa shape index (κ2) is 2.76. The van der Waals surface area contributed by atoms with Crippen molar-refractivity contribution in [3.05, 3.63) is 0 Å². The maximum absolute atomic E-state index is 9.70. The highest BCUT2D eigenvalue weighted by atomic mass is 16.3. The van der Waals surface area contributed by atoms with Crippen molar-refractivity contribution in [3.63, 3.8) is 0 Å². The first-order valence-electron chi connectivity index (χ1n) is 4.71. The third-order valence-electron chi connectivity index (χ3n) is 3.31. The van der Waals surface area contributed by atoms with Gasteiger partial charge in [-0.2, -0.15) is 0 Å². The van der Waals surface area contributed by atoms with Crippen molar-refractivity contribution >= 4 is 0 Å². The summed E-state index contributed by atoms with van der Waals surface area (Å²) in [6.45, 7) is 5.62. The molecule has 1 aliphatic carbocycles. The molecule has 0 spiro atoms. The quantitative estimate of drug-likeness (QED) is 0.603. The third-order valence-corrected chi connectivity index (χ3v) is 3.31. The lowest BCUT2D eigenvalue weighted by Gasteiger charge is -2.34. The summed E-state index contributed by atoms with van der Waals surface area (Å²) in [7, 11) is 0. The molecular weight excluding hydrogens is 138 g/mol. The lowest BCUT2D eigenvalue weighted by molar-refractivity contribution is 0.0189. The van der Waals surface area contributed by atoms with Crippen molar-refractivity contribution < 1.29 is 5.11 Å². The molecule has 1 saturated heterocycles. The van der Waals surface area contributed by atoms with Gasteiger partial charge >= 0.3 is 0 Å². The van der Waals surface area contributed by atoms with Crippen LogP contribution in [0.2, 0.25) is 0 Å². The Labute approximate surface area is 68.2 Å². The first-order chi connectivity index (χ1) is 5.31. The van der Waals surface area contributed by atoms with Crippen LogP contribution in [-0.4, -0.2) is 35.7 Å². The normalized spacial score (nSPS) is 44.7. The van der Waals surface area contributed by atoms with Gasteiger partial charge in [-0.3, -0.25) is 0 Å². The summed E-state index contributed by atoms with van der Waals surface area (Å²) in [5, 5.41) is 9.70. The highest BCUT2D eigenvalue weighted by molar-refractivity contribution is 4.92. The first-order valence-corrected chi connectivity index (χ1v) is 4.71. The van der Waals surface area contributed by atoms with Gasteiger partial charge in [0, 0.05) is 13.1 Å². The van der Waals surface area contributed by atoms with E-state index in [0.29, 0.717) is 11.8 Å². The van der Waals surface area contributed by atoms with Crippen molar-refractivity contribution in [1.29, 1.82) is 0 Å². The van der Waals surface area contributed by atoms with Crippen LogP contribution >= 0.6 is 0 Å². The van der Waals surface area contributed by atoms with E-state index in [1.54, 1.807) is 0 Å².